The van der Waals surface area contributed by atoms with E-state index in [1.54, 1.807) is 0 Å². The van der Waals surface area contributed by atoms with E-state index >= 15 is 0 Å². The predicted molar refractivity (Wildman–Crippen MR) is 108 cm³/mol. The maximum absolute atomic E-state index is 12.3. The molecule has 0 radical (unpaired) electrons. The fourth-order valence-corrected chi connectivity index (χ4v) is 9.14. The summed E-state index contributed by atoms with van der Waals surface area (Å²) in [7, 11) is 0. The molecule has 1 spiro atoms. The van der Waals surface area contributed by atoms with E-state index in [9.17, 15) is 14.4 Å². The van der Waals surface area contributed by atoms with Crippen LogP contribution in [0.4, 0.5) is 0 Å². The molecule has 0 aromatic carbocycles. The molecule has 4 nitrogen and oxygen atoms in total. The molecule has 7 unspecified atom stereocenters. The molecule has 152 valence electrons. The van der Waals surface area contributed by atoms with Crippen molar-refractivity contribution in [2.45, 2.75) is 82.5 Å². The van der Waals surface area contributed by atoms with Crippen LogP contribution in [0, 0.1) is 28.6 Å². The van der Waals surface area contributed by atoms with E-state index in [0.29, 0.717) is 30.6 Å². The van der Waals surface area contributed by atoms with Crippen LogP contribution in [0.2, 0.25) is 0 Å². The third-order valence-corrected chi connectivity index (χ3v) is 10.7. The minimum atomic E-state index is -0.240. The highest BCUT2D eigenvalue weighted by Crippen LogP contribution is 2.70. The van der Waals surface area contributed by atoms with Crippen LogP contribution in [0.15, 0.2) is 11.6 Å². The number of hydrogen-bond acceptors (Lipinski definition) is 5. The van der Waals surface area contributed by atoms with Gasteiger partial charge >= 0.3 is 5.97 Å². The Balaban J connectivity index is 1.51. The Kier molecular flexibility index (Phi) is 4.18. The van der Waals surface area contributed by atoms with Gasteiger partial charge in [0.1, 0.15) is 5.60 Å². The second-order valence-electron chi connectivity index (χ2n) is 10.2. The highest BCUT2D eigenvalue weighted by Gasteiger charge is 2.67. The lowest BCUT2D eigenvalue weighted by molar-refractivity contribution is -0.167. The van der Waals surface area contributed by atoms with E-state index in [4.69, 9.17) is 4.74 Å². The Morgan fingerprint density at radius 2 is 1.86 bits per heavy atom. The minimum absolute atomic E-state index is 0.0157. The molecule has 7 atom stereocenters. The van der Waals surface area contributed by atoms with E-state index in [1.807, 2.05) is 6.08 Å². The van der Waals surface area contributed by atoms with Crippen LogP contribution in [0.5, 0.6) is 0 Å². The Morgan fingerprint density at radius 3 is 2.57 bits per heavy atom. The van der Waals surface area contributed by atoms with E-state index < -0.39 is 0 Å². The van der Waals surface area contributed by atoms with Gasteiger partial charge in [-0.2, -0.15) is 0 Å². The van der Waals surface area contributed by atoms with Crippen molar-refractivity contribution in [3.8, 4) is 0 Å². The normalized spacial score (nSPS) is 49.9. The second kappa shape index (κ2) is 6.20. The first kappa shape index (κ1) is 18.9. The third-order valence-electron chi connectivity index (χ3n) is 9.59. The molecule has 5 rings (SSSR count). The maximum atomic E-state index is 12.3. The summed E-state index contributed by atoms with van der Waals surface area (Å²) >= 11 is 1.33. The topological polar surface area (TPSA) is 60.4 Å². The molecule has 0 amide bonds. The summed E-state index contributed by atoms with van der Waals surface area (Å²) in [6.07, 6.45) is 10.3. The third kappa shape index (κ3) is 2.28. The van der Waals surface area contributed by atoms with Gasteiger partial charge in [0, 0.05) is 28.9 Å². The lowest BCUT2D eigenvalue weighted by Crippen LogP contribution is -2.57. The van der Waals surface area contributed by atoms with Gasteiger partial charge in [0.2, 0.25) is 0 Å². The molecule has 3 saturated carbocycles. The van der Waals surface area contributed by atoms with Gasteiger partial charge < -0.3 is 4.74 Å². The van der Waals surface area contributed by atoms with E-state index in [1.165, 1.54) is 17.3 Å². The molecule has 0 N–H and O–H groups in total. The molecule has 4 fully saturated rings. The standard InChI is InChI=1S/C23H30O4S/c1-21-8-5-18-16(17(21)6-9-23(21)10-7-20(26)27-23)4-3-14-11-15(25)12-19(28-13-24)22(14,18)2/h11,13,16-19H,3-10,12H2,1-2H3. The number of carbonyl (C=O) groups excluding carboxylic acids is 3. The fourth-order valence-electron chi connectivity index (χ4n) is 8.14. The molecular formula is C23H30O4S. The minimum Gasteiger partial charge on any atom is -0.458 e. The Labute approximate surface area is 171 Å². The van der Waals surface area contributed by atoms with Crippen LogP contribution in [0.1, 0.15) is 71.6 Å². The van der Waals surface area contributed by atoms with Gasteiger partial charge in [0.05, 0.1) is 0 Å². The van der Waals surface area contributed by atoms with Crippen LogP contribution < -0.4 is 0 Å². The molecule has 5 aliphatic rings. The zero-order valence-electron chi connectivity index (χ0n) is 16.9. The van der Waals surface area contributed by atoms with Gasteiger partial charge in [-0.25, -0.2) is 0 Å². The van der Waals surface area contributed by atoms with Crippen LogP contribution >= 0.6 is 11.8 Å². The molecule has 5 heteroatoms. The molecule has 0 bridgehead atoms. The number of carbonyl (C=O) groups is 3. The Hall–Kier alpha value is -1.10. The molecule has 4 aliphatic carbocycles. The van der Waals surface area contributed by atoms with E-state index in [0.717, 1.165) is 50.6 Å². The summed E-state index contributed by atoms with van der Waals surface area (Å²) in [6.45, 7) is 4.71. The highest BCUT2D eigenvalue weighted by molar-refractivity contribution is 8.12. The molecule has 0 aromatic heterocycles. The van der Waals surface area contributed by atoms with Crippen molar-refractivity contribution in [1.82, 2.24) is 0 Å². The lowest BCUT2D eigenvalue weighted by Gasteiger charge is -2.60. The van der Waals surface area contributed by atoms with Crippen molar-refractivity contribution >= 4 is 29.1 Å². The number of thioether (sulfide) groups is 1. The van der Waals surface area contributed by atoms with Gasteiger partial charge in [-0.15, -0.1) is 0 Å². The van der Waals surface area contributed by atoms with Crippen LogP contribution in [-0.2, 0) is 19.1 Å². The number of fused-ring (bicyclic) bond motifs is 6. The number of ketones is 1. The number of rotatable bonds is 2. The number of hydrogen-bond donors (Lipinski definition) is 0. The number of ether oxygens (including phenoxy) is 1. The first-order chi connectivity index (χ1) is 13.3. The van der Waals surface area contributed by atoms with Gasteiger partial charge in [-0.1, -0.05) is 31.2 Å². The Bertz CT molecular complexity index is 775. The quantitative estimate of drug-likeness (QED) is 0.503. The zero-order chi connectivity index (χ0) is 19.7. The van der Waals surface area contributed by atoms with Crippen molar-refractivity contribution in [2.75, 3.05) is 0 Å². The van der Waals surface area contributed by atoms with E-state index in [2.05, 4.69) is 13.8 Å². The summed E-state index contributed by atoms with van der Waals surface area (Å²) in [5, 5.41) is 0.0642. The summed E-state index contributed by atoms with van der Waals surface area (Å²) in [4.78, 5) is 35.7. The first-order valence-electron chi connectivity index (χ1n) is 10.9. The van der Waals surface area contributed by atoms with Crippen LogP contribution in [0.3, 0.4) is 0 Å². The molecule has 1 aliphatic heterocycles. The summed E-state index contributed by atoms with van der Waals surface area (Å²) in [5.41, 5.74) is 2.00. The van der Waals surface area contributed by atoms with Crippen molar-refractivity contribution < 1.29 is 19.1 Å². The average molecular weight is 403 g/mol. The number of esters is 1. The molecule has 28 heavy (non-hydrogen) atoms. The SMILES string of the molecule is CC12C(=CC(=O)CC1SC=O)CCC1C2CCC2(C)C1CCC21CCC(=O)O1. The van der Waals surface area contributed by atoms with Gasteiger partial charge in [-0.05, 0) is 68.8 Å². The van der Waals surface area contributed by atoms with Gasteiger partial charge in [0.15, 0.2) is 11.4 Å². The van der Waals surface area contributed by atoms with Crippen molar-refractivity contribution in [3.05, 3.63) is 11.6 Å². The summed E-state index contributed by atoms with van der Waals surface area (Å²) < 4.78 is 6.02. The van der Waals surface area contributed by atoms with Crippen molar-refractivity contribution in [3.63, 3.8) is 0 Å². The van der Waals surface area contributed by atoms with Crippen molar-refractivity contribution in [1.29, 1.82) is 0 Å². The zero-order valence-corrected chi connectivity index (χ0v) is 17.7. The predicted octanol–water partition coefficient (Wildman–Crippen LogP) is 4.50. The maximum Gasteiger partial charge on any atom is 0.306 e. The molecular weight excluding hydrogens is 372 g/mol. The van der Waals surface area contributed by atoms with Crippen LogP contribution in [-0.4, -0.2) is 28.2 Å². The molecule has 0 aromatic rings. The van der Waals surface area contributed by atoms with Crippen LogP contribution in [0.25, 0.3) is 0 Å². The smallest absolute Gasteiger partial charge is 0.306 e. The van der Waals surface area contributed by atoms with Gasteiger partial charge in [-0.3, -0.25) is 14.4 Å². The largest absolute Gasteiger partial charge is 0.458 e. The average Bonchev–Trinajstić information content (AvgIpc) is 3.17. The van der Waals surface area contributed by atoms with Gasteiger partial charge in [0.25, 0.3) is 0 Å². The lowest BCUT2D eigenvalue weighted by atomic mass is 9.46. The Morgan fingerprint density at radius 1 is 1.07 bits per heavy atom. The first-order valence-corrected chi connectivity index (χ1v) is 11.8. The van der Waals surface area contributed by atoms with Crippen molar-refractivity contribution in [2.24, 2.45) is 28.6 Å². The molecule has 1 saturated heterocycles. The highest BCUT2D eigenvalue weighted by atomic mass is 32.2. The van der Waals surface area contributed by atoms with E-state index in [-0.39, 0.29) is 33.4 Å². The number of allylic oxidation sites excluding steroid dienone is 1. The summed E-state index contributed by atoms with van der Waals surface area (Å²) in [6, 6.07) is 0. The second-order valence-corrected chi connectivity index (χ2v) is 11.3. The molecule has 1 heterocycles. The fraction of sp³-hybridized carbons (Fsp3) is 0.783. The monoisotopic (exact) mass is 402 g/mol. The summed E-state index contributed by atoms with van der Waals surface area (Å²) in [5.74, 6) is 1.86.